The van der Waals surface area contributed by atoms with Gasteiger partial charge in [-0.2, -0.15) is 0 Å². The lowest BCUT2D eigenvalue weighted by atomic mass is 10.1. The fraction of sp³-hybridized carbons (Fsp3) is 0.450. The van der Waals surface area contributed by atoms with Crippen molar-refractivity contribution in [2.75, 3.05) is 25.0 Å². The van der Waals surface area contributed by atoms with E-state index in [2.05, 4.69) is 34.1 Å². The summed E-state index contributed by atoms with van der Waals surface area (Å²) < 4.78 is 8.00. The molecule has 0 aliphatic carbocycles. The van der Waals surface area contributed by atoms with Gasteiger partial charge in [-0.25, -0.2) is 4.98 Å². The quantitative estimate of drug-likeness (QED) is 0.726. The zero-order valence-corrected chi connectivity index (χ0v) is 14.9. The number of benzene rings is 1. The molecule has 1 fully saturated rings. The molecule has 4 rings (SSSR count). The Bertz CT molecular complexity index is 829. The van der Waals surface area contributed by atoms with Crippen LogP contribution in [0.25, 0.3) is 11.0 Å². The predicted molar refractivity (Wildman–Crippen MR) is 99.9 cm³/mol. The third-order valence-electron chi connectivity index (χ3n) is 5.12. The summed E-state index contributed by atoms with van der Waals surface area (Å²) in [5.41, 5.74) is 2.26. The number of aromatic nitrogens is 2. The van der Waals surface area contributed by atoms with Crippen LogP contribution in [0.4, 0.5) is 5.95 Å². The first kappa shape index (κ1) is 16.2. The number of quaternary nitrogens is 1. The topological polar surface area (TPSA) is 47.4 Å². The Balaban J connectivity index is 1.52. The molecule has 132 valence electrons. The van der Waals surface area contributed by atoms with Gasteiger partial charge in [0, 0.05) is 0 Å². The van der Waals surface area contributed by atoms with Crippen LogP contribution in [0.3, 0.4) is 0 Å². The zero-order valence-electron chi connectivity index (χ0n) is 14.9. The highest BCUT2D eigenvalue weighted by atomic mass is 16.3. The molecule has 25 heavy (non-hydrogen) atoms. The number of para-hydroxylation sites is 2. The second kappa shape index (κ2) is 7.31. The molecule has 3 aromatic rings. The second-order valence-electron chi connectivity index (χ2n) is 7.00. The number of hydrogen-bond acceptors (Lipinski definition) is 3. The number of anilines is 1. The maximum atomic E-state index is 5.67. The van der Waals surface area contributed by atoms with Gasteiger partial charge < -0.3 is 19.2 Å². The van der Waals surface area contributed by atoms with E-state index < -0.39 is 0 Å². The van der Waals surface area contributed by atoms with Crippen molar-refractivity contribution in [3.05, 3.63) is 47.9 Å². The molecule has 0 bridgehead atoms. The minimum atomic E-state index is 0.660. The summed E-state index contributed by atoms with van der Waals surface area (Å²) in [5, 5.41) is 3.47. The number of aryl methyl sites for hydroxylation is 1. The first-order chi connectivity index (χ1) is 12.3. The summed E-state index contributed by atoms with van der Waals surface area (Å²) >= 11 is 0. The Morgan fingerprint density at radius 3 is 2.76 bits per heavy atom. The molecule has 0 spiro atoms. The smallest absolute Gasteiger partial charge is 0.204 e. The Hall–Kier alpha value is -2.27. The van der Waals surface area contributed by atoms with E-state index in [0.717, 1.165) is 36.1 Å². The van der Waals surface area contributed by atoms with Crippen LogP contribution in [0.15, 0.2) is 40.8 Å². The van der Waals surface area contributed by atoms with Gasteiger partial charge in [0.1, 0.15) is 11.5 Å². The number of nitrogens with zero attached hydrogens (tertiary/aromatic N) is 2. The third-order valence-corrected chi connectivity index (χ3v) is 5.12. The van der Waals surface area contributed by atoms with Crippen LogP contribution in [0, 0.1) is 6.92 Å². The van der Waals surface area contributed by atoms with Gasteiger partial charge in [-0.15, -0.1) is 0 Å². The number of fused-ring (bicyclic) bond motifs is 1. The minimum Gasteiger partial charge on any atom is -0.465 e. The average molecular weight is 339 g/mol. The molecule has 0 atom stereocenters. The molecule has 0 unspecified atom stereocenters. The molecule has 2 N–H and O–H groups in total. The van der Waals surface area contributed by atoms with E-state index in [1.54, 1.807) is 4.90 Å². The van der Waals surface area contributed by atoms with Crippen molar-refractivity contribution in [2.45, 2.75) is 39.3 Å². The van der Waals surface area contributed by atoms with E-state index in [-0.39, 0.29) is 0 Å². The summed E-state index contributed by atoms with van der Waals surface area (Å²) in [7, 11) is 0. The van der Waals surface area contributed by atoms with Crippen molar-refractivity contribution in [1.29, 1.82) is 0 Å². The summed E-state index contributed by atoms with van der Waals surface area (Å²) in [6.07, 6.45) is 4.12. The van der Waals surface area contributed by atoms with Crippen molar-refractivity contribution < 1.29 is 9.32 Å². The summed E-state index contributed by atoms with van der Waals surface area (Å²) in [5.74, 6) is 2.82. The summed E-state index contributed by atoms with van der Waals surface area (Å²) in [6, 6.07) is 12.4. The zero-order chi connectivity index (χ0) is 17.1. The fourth-order valence-corrected chi connectivity index (χ4v) is 3.75. The largest absolute Gasteiger partial charge is 0.465 e. The van der Waals surface area contributed by atoms with Crippen LogP contribution in [0.5, 0.6) is 0 Å². The van der Waals surface area contributed by atoms with Gasteiger partial charge in [-0.1, -0.05) is 12.1 Å². The van der Waals surface area contributed by atoms with Gasteiger partial charge in [0.15, 0.2) is 0 Å². The fourth-order valence-electron chi connectivity index (χ4n) is 3.75. The molecule has 3 heterocycles. The van der Waals surface area contributed by atoms with Gasteiger partial charge >= 0.3 is 0 Å². The summed E-state index contributed by atoms with van der Waals surface area (Å²) in [6.45, 7) is 7.40. The van der Waals surface area contributed by atoms with Crippen molar-refractivity contribution in [3.8, 4) is 0 Å². The first-order valence-corrected chi connectivity index (χ1v) is 9.37. The van der Waals surface area contributed by atoms with Crippen LogP contribution in [0.2, 0.25) is 0 Å². The molecule has 1 saturated heterocycles. The molecule has 0 amide bonds. The maximum Gasteiger partial charge on any atom is 0.204 e. The molecule has 1 aliphatic heterocycles. The Labute approximate surface area is 148 Å². The van der Waals surface area contributed by atoms with Crippen molar-refractivity contribution in [3.63, 3.8) is 0 Å². The van der Waals surface area contributed by atoms with E-state index in [9.17, 15) is 0 Å². The molecule has 1 aromatic carbocycles. The van der Waals surface area contributed by atoms with Crippen LogP contribution < -0.4 is 10.2 Å². The van der Waals surface area contributed by atoms with E-state index in [1.807, 2.05) is 19.1 Å². The molecule has 1 aliphatic rings. The van der Waals surface area contributed by atoms with E-state index in [1.165, 1.54) is 37.9 Å². The first-order valence-electron chi connectivity index (χ1n) is 9.37. The van der Waals surface area contributed by atoms with Gasteiger partial charge in [0.2, 0.25) is 5.95 Å². The monoisotopic (exact) mass is 339 g/mol. The van der Waals surface area contributed by atoms with Crippen molar-refractivity contribution in [1.82, 2.24) is 9.55 Å². The standard InChI is InChI=1S/C20H26N4O/c1-16-9-10-17(25-16)15-21-20-22-18-7-3-4-8-19(18)24(20)14-13-23-11-5-2-6-12-23/h3-4,7-10H,2,5-6,11-15H2,1H3,(H,21,22)/p+1. The lowest BCUT2D eigenvalue weighted by Gasteiger charge is -2.24. The number of furan rings is 1. The van der Waals surface area contributed by atoms with Crippen LogP contribution >= 0.6 is 0 Å². The molecule has 5 heteroatoms. The molecule has 5 nitrogen and oxygen atoms in total. The molecular weight excluding hydrogens is 312 g/mol. The van der Waals surface area contributed by atoms with Crippen molar-refractivity contribution >= 4 is 17.0 Å². The average Bonchev–Trinajstić information content (AvgIpc) is 3.22. The lowest BCUT2D eigenvalue weighted by Crippen LogP contribution is -3.13. The number of hydrogen-bond donors (Lipinski definition) is 2. The Morgan fingerprint density at radius 1 is 1.12 bits per heavy atom. The van der Waals surface area contributed by atoms with Crippen LogP contribution in [-0.4, -0.2) is 29.2 Å². The Kier molecular flexibility index (Phi) is 4.74. The number of piperidine rings is 1. The predicted octanol–water partition coefficient (Wildman–Crippen LogP) is 2.62. The second-order valence-corrected chi connectivity index (χ2v) is 7.00. The highest BCUT2D eigenvalue weighted by Crippen LogP contribution is 2.20. The number of likely N-dealkylation sites (tertiary alicyclic amines) is 1. The normalized spacial score (nSPS) is 15.7. The molecule has 2 aromatic heterocycles. The lowest BCUT2D eigenvalue weighted by molar-refractivity contribution is -0.905. The van der Waals surface area contributed by atoms with Gasteiger partial charge in [-0.05, 0) is 50.5 Å². The molecule has 0 saturated carbocycles. The number of rotatable bonds is 6. The SMILES string of the molecule is Cc1ccc(CNc2nc3ccccc3n2CC[NH+]2CCCCC2)o1. The van der Waals surface area contributed by atoms with Gasteiger partial charge in [-0.3, -0.25) is 0 Å². The highest BCUT2D eigenvalue weighted by molar-refractivity contribution is 5.78. The molecular formula is C20H27N4O+. The Morgan fingerprint density at radius 2 is 1.96 bits per heavy atom. The number of nitrogens with one attached hydrogen (secondary N) is 2. The van der Waals surface area contributed by atoms with Gasteiger partial charge in [0.05, 0.1) is 43.8 Å². The third kappa shape index (κ3) is 3.71. The molecule has 0 radical (unpaired) electrons. The van der Waals surface area contributed by atoms with E-state index in [4.69, 9.17) is 9.40 Å². The number of imidazole rings is 1. The van der Waals surface area contributed by atoms with E-state index >= 15 is 0 Å². The highest BCUT2D eigenvalue weighted by Gasteiger charge is 2.16. The maximum absolute atomic E-state index is 5.67. The minimum absolute atomic E-state index is 0.660. The van der Waals surface area contributed by atoms with Gasteiger partial charge in [0.25, 0.3) is 0 Å². The van der Waals surface area contributed by atoms with Crippen LogP contribution in [-0.2, 0) is 13.1 Å². The summed E-state index contributed by atoms with van der Waals surface area (Å²) in [4.78, 5) is 6.52. The van der Waals surface area contributed by atoms with Crippen molar-refractivity contribution in [2.24, 2.45) is 0 Å². The van der Waals surface area contributed by atoms with E-state index in [0.29, 0.717) is 6.54 Å². The van der Waals surface area contributed by atoms with Crippen LogP contribution in [0.1, 0.15) is 30.8 Å².